The molecule has 4 rings (SSSR count). The van der Waals surface area contributed by atoms with E-state index in [1.165, 1.54) is 11.8 Å². The van der Waals surface area contributed by atoms with Gasteiger partial charge in [-0.1, -0.05) is 44.5 Å². The maximum Gasteiger partial charge on any atom is 0.240 e. The van der Waals surface area contributed by atoms with E-state index in [2.05, 4.69) is 32.2 Å². The van der Waals surface area contributed by atoms with Gasteiger partial charge in [-0.3, -0.25) is 14.5 Å². The lowest BCUT2D eigenvalue weighted by Gasteiger charge is -2.25. The highest BCUT2D eigenvalue weighted by Crippen LogP contribution is 2.49. The van der Waals surface area contributed by atoms with E-state index >= 15 is 0 Å². The first-order valence-electron chi connectivity index (χ1n) is 13.6. The number of carbonyl (C=O) groups is 2. The van der Waals surface area contributed by atoms with Crippen LogP contribution in [0.5, 0.6) is 11.5 Å². The van der Waals surface area contributed by atoms with Gasteiger partial charge in [-0.05, 0) is 43.2 Å². The van der Waals surface area contributed by atoms with Crippen LogP contribution in [-0.4, -0.2) is 68.4 Å². The quantitative estimate of drug-likeness (QED) is 0.366. The minimum Gasteiger partial charge on any atom is -0.493 e. The van der Waals surface area contributed by atoms with Gasteiger partial charge in [0.05, 0.1) is 43.2 Å². The molecule has 0 saturated heterocycles. The van der Waals surface area contributed by atoms with Gasteiger partial charge in [-0.25, -0.2) is 4.68 Å². The Labute approximate surface area is 246 Å². The predicted molar refractivity (Wildman–Crippen MR) is 163 cm³/mol. The number of hydrogen-bond donors (Lipinski definition) is 1. The average Bonchev–Trinajstić information content (AvgIpc) is 3.25. The Hall–Kier alpha value is -3.50. The van der Waals surface area contributed by atoms with E-state index in [0.717, 1.165) is 33.6 Å². The molecule has 0 fully saturated rings. The Morgan fingerprint density at radius 1 is 1.07 bits per heavy atom. The van der Waals surface area contributed by atoms with Crippen molar-refractivity contribution in [3.63, 3.8) is 0 Å². The van der Waals surface area contributed by atoms with E-state index in [9.17, 15) is 9.59 Å². The van der Waals surface area contributed by atoms with Crippen molar-refractivity contribution in [2.45, 2.75) is 45.3 Å². The van der Waals surface area contributed by atoms with Crippen LogP contribution < -0.4 is 19.7 Å². The lowest BCUT2D eigenvalue weighted by molar-refractivity contribution is -0.123. The molecule has 1 aromatic heterocycles. The molecule has 1 aliphatic heterocycles. The van der Waals surface area contributed by atoms with Crippen molar-refractivity contribution in [2.24, 2.45) is 0 Å². The van der Waals surface area contributed by atoms with E-state index in [4.69, 9.17) is 19.3 Å². The third-order valence-corrected chi connectivity index (χ3v) is 8.28. The van der Waals surface area contributed by atoms with Gasteiger partial charge in [0.2, 0.25) is 11.8 Å². The number of carbonyl (C=O) groups excluding carboxylic acids is 2. The number of fused-ring (bicyclic) bond motifs is 1. The first-order valence-corrected chi connectivity index (χ1v) is 14.7. The monoisotopic (exact) mass is 580 g/mol. The topological polar surface area (TPSA) is 94.9 Å². The van der Waals surface area contributed by atoms with Gasteiger partial charge in [-0.2, -0.15) is 5.10 Å². The van der Waals surface area contributed by atoms with E-state index in [-0.39, 0.29) is 34.8 Å². The van der Waals surface area contributed by atoms with Crippen molar-refractivity contribution >= 4 is 29.4 Å². The number of benzene rings is 2. The molecule has 1 atom stereocenters. The van der Waals surface area contributed by atoms with E-state index in [1.54, 1.807) is 26.2 Å². The van der Waals surface area contributed by atoms with Crippen LogP contribution in [0.25, 0.3) is 5.69 Å². The van der Waals surface area contributed by atoms with Gasteiger partial charge in [-0.15, -0.1) is 11.8 Å². The van der Waals surface area contributed by atoms with Crippen LogP contribution in [0.2, 0.25) is 0 Å². The number of anilines is 1. The summed E-state index contributed by atoms with van der Waals surface area (Å²) < 4.78 is 18.1. The predicted octanol–water partition coefficient (Wildman–Crippen LogP) is 4.74. The summed E-state index contributed by atoms with van der Waals surface area (Å²) in [5.74, 6) is 1.61. The number of methoxy groups -OCH3 is 3. The number of aromatic nitrogens is 2. The second kappa shape index (κ2) is 12.6. The zero-order valence-corrected chi connectivity index (χ0v) is 26.0. The van der Waals surface area contributed by atoms with Crippen molar-refractivity contribution < 1.29 is 23.8 Å². The number of aryl methyl sites for hydroxylation is 2. The molecule has 9 nitrogen and oxygen atoms in total. The zero-order valence-electron chi connectivity index (χ0n) is 25.2. The first-order chi connectivity index (χ1) is 19.5. The number of ether oxygens (including phenoxy) is 3. The van der Waals surface area contributed by atoms with Gasteiger partial charge < -0.3 is 19.5 Å². The van der Waals surface area contributed by atoms with Crippen LogP contribution in [-0.2, 0) is 19.7 Å². The number of amides is 2. The van der Waals surface area contributed by atoms with Crippen molar-refractivity contribution in [3.8, 4) is 17.2 Å². The molecule has 1 N–H and O–H groups in total. The maximum atomic E-state index is 13.8. The molecule has 41 heavy (non-hydrogen) atoms. The minimum absolute atomic E-state index is 0.130. The molecule has 0 spiro atoms. The number of rotatable bonds is 9. The molecular weight excluding hydrogens is 540 g/mol. The number of nitrogens with zero attached hydrogens (tertiary/aromatic N) is 3. The maximum absolute atomic E-state index is 13.8. The summed E-state index contributed by atoms with van der Waals surface area (Å²) in [7, 11) is 4.80. The summed E-state index contributed by atoms with van der Waals surface area (Å²) in [5, 5.41) is 7.80. The standard InChI is InChI=1S/C31H40N4O5S/c1-19-9-11-22(20(2)15-19)35-30-27(29(33-35)31(3,4)5)28(21-10-12-23(39-7)24(16-21)40-8)41-18-26(37)34(30)17-25(36)32-13-14-38-6/h9-12,15-16,28H,13-14,17-18H2,1-8H3,(H,32,36). The Morgan fingerprint density at radius 2 is 1.80 bits per heavy atom. The van der Waals surface area contributed by atoms with Crippen LogP contribution in [0.1, 0.15) is 54.0 Å². The fraction of sp³-hybridized carbons (Fsp3) is 0.452. The Balaban J connectivity index is 2.00. The van der Waals surface area contributed by atoms with Gasteiger partial charge >= 0.3 is 0 Å². The van der Waals surface area contributed by atoms with E-state index in [0.29, 0.717) is 30.5 Å². The molecule has 1 unspecified atom stereocenters. The van der Waals surface area contributed by atoms with E-state index in [1.807, 2.05) is 48.9 Å². The molecule has 2 amide bonds. The van der Waals surface area contributed by atoms with Crippen molar-refractivity contribution in [2.75, 3.05) is 51.7 Å². The van der Waals surface area contributed by atoms with Crippen molar-refractivity contribution in [3.05, 3.63) is 64.3 Å². The zero-order chi connectivity index (χ0) is 29.9. The molecule has 2 aromatic carbocycles. The number of nitrogens with one attached hydrogen (secondary N) is 1. The minimum atomic E-state index is -0.358. The lowest BCUT2D eigenvalue weighted by Crippen LogP contribution is -2.43. The van der Waals surface area contributed by atoms with Crippen LogP contribution in [0.3, 0.4) is 0 Å². The SMILES string of the molecule is COCCNC(=O)CN1C(=O)CSC(c2ccc(OC)c(OC)c2)c2c(C(C)(C)C)nn(-c3ccc(C)cc3C)c21. The van der Waals surface area contributed by atoms with Crippen LogP contribution in [0, 0.1) is 13.8 Å². The lowest BCUT2D eigenvalue weighted by atomic mass is 9.87. The molecule has 3 aromatic rings. The highest BCUT2D eigenvalue weighted by atomic mass is 32.2. The van der Waals surface area contributed by atoms with Gasteiger partial charge in [0.25, 0.3) is 0 Å². The number of thioether (sulfide) groups is 1. The van der Waals surface area contributed by atoms with Crippen molar-refractivity contribution in [1.82, 2.24) is 15.1 Å². The van der Waals surface area contributed by atoms with Crippen LogP contribution in [0.15, 0.2) is 36.4 Å². The molecule has 0 saturated carbocycles. The second-order valence-electron chi connectivity index (χ2n) is 11.2. The fourth-order valence-electron chi connectivity index (χ4n) is 5.06. The molecule has 0 radical (unpaired) electrons. The second-order valence-corrected chi connectivity index (χ2v) is 12.3. The normalized spacial score (nSPS) is 15.4. The third kappa shape index (κ3) is 6.38. The Morgan fingerprint density at radius 3 is 2.44 bits per heavy atom. The molecule has 220 valence electrons. The number of hydrogen-bond acceptors (Lipinski definition) is 7. The molecule has 2 heterocycles. The summed E-state index contributed by atoms with van der Waals surface area (Å²) in [6.07, 6.45) is 0. The van der Waals surface area contributed by atoms with Gasteiger partial charge in [0.15, 0.2) is 11.5 Å². The summed E-state index contributed by atoms with van der Waals surface area (Å²) in [5.41, 5.74) is 5.38. The van der Waals surface area contributed by atoms with Gasteiger partial charge in [0.1, 0.15) is 12.4 Å². The highest BCUT2D eigenvalue weighted by Gasteiger charge is 2.40. The first kappa shape index (κ1) is 30.5. The Bertz CT molecular complexity index is 1430. The molecule has 0 bridgehead atoms. The summed E-state index contributed by atoms with van der Waals surface area (Å²) in [6.45, 7) is 11.0. The van der Waals surface area contributed by atoms with Gasteiger partial charge in [0, 0.05) is 24.6 Å². The smallest absolute Gasteiger partial charge is 0.240 e. The summed E-state index contributed by atoms with van der Waals surface area (Å²) in [4.78, 5) is 28.5. The summed E-state index contributed by atoms with van der Waals surface area (Å²) in [6, 6.07) is 12.0. The molecular formula is C31H40N4O5S. The van der Waals surface area contributed by atoms with Crippen molar-refractivity contribution in [1.29, 1.82) is 0 Å². The Kier molecular flexibility index (Phi) is 9.34. The average molecular weight is 581 g/mol. The molecule has 1 aliphatic rings. The molecule has 0 aliphatic carbocycles. The van der Waals surface area contributed by atoms with Crippen LogP contribution in [0.4, 0.5) is 5.82 Å². The third-order valence-electron chi connectivity index (χ3n) is 7.02. The van der Waals surface area contributed by atoms with E-state index < -0.39 is 0 Å². The fourth-order valence-corrected chi connectivity index (χ4v) is 6.24. The summed E-state index contributed by atoms with van der Waals surface area (Å²) >= 11 is 1.53. The molecule has 10 heteroatoms. The largest absolute Gasteiger partial charge is 0.493 e. The highest BCUT2D eigenvalue weighted by molar-refractivity contribution is 8.00. The van der Waals surface area contributed by atoms with Crippen LogP contribution >= 0.6 is 11.8 Å².